The molecule has 0 radical (unpaired) electrons. The van der Waals surface area contributed by atoms with E-state index in [4.69, 9.17) is 4.55 Å². The third-order valence-corrected chi connectivity index (χ3v) is 3.62. The molecule has 0 bridgehead atoms. The van der Waals surface area contributed by atoms with Crippen LogP contribution in [-0.2, 0) is 16.7 Å². The van der Waals surface area contributed by atoms with Crippen molar-refractivity contribution in [2.45, 2.75) is 13.0 Å². The van der Waals surface area contributed by atoms with Crippen LogP contribution in [0.5, 0.6) is 11.5 Å². The highest BCUT2D eigenvalue weighted by atomic mass is 32.2. The Morgan fingerprint density at radius 1 is 1.16 bits per heavy atom. The van der Waals surface area contributed by atoms with Gasteiger partial charge in [-0.25, -0.2) is 0 Å². The van der Waals surface area contributed by atoms with Crippen LogP contribution in [0.3, 0.4) is 0 Å². The molecule has 7 heteroatoms. The molecule has 0 aliphatic rings. The van der Waals surface area contributed by atoms with Gasteiger partial charge in [-0.3, -0.25) is 4.55 Å². The fourth-order valence-corrected chi connectivity index (χ4v) is 2.41. The lowest BCUT2D eigenvalue weighted by molar-refractivity contribution is -0.903. The lowest BCUT2D eigenvalue weighted by atomic mass is 10.1. The number of rotatable bonds is 6. The summed E-state index contributed by atoms with van der Waals surface area (Å²) in [5.74, 6) is -0.592. The van der Waals surface area contributed by atoms with Crippen LogP contribution in [0, 0.1) is 0 Å². The predicted octanol–water partition coefficient (Wildman–Crippen LogP) is 0.952. The minimum Gasteiger partial charge on any atom is -0.504 e. The van der Waals surface area contributed by atoms with Crippen LogP contribution in [0.2, 0.25) is 0 Å². The summed E-state index contributed by atoms with van der Waals surface area (Å²) in [5.41, 5.74) is 0.840. The van der Waals surface area contributed by atoms with Crippen LogP contribution in [-0.4, -0.2) is 54.1 Å². The predicted molar refractivity (Wildman–Crippen MR) is 71.5 cm³/mol. The molecular formula is C12H20NO5S+. The van der Waals surface area contributed by atoms with Gasteiger partial charge in [-0.05, 0) is 18.2 Å². The van der Waals surface area contributed by atoms with Gasteiger partial charge in [0, 0.05) is 12.0 Å². The molecule has 1 aromatic rings. The average Bonchev–Trinajstić information content (AvgIpc) is 2.20. The zero-order chi connectivity index (χ0) is 14.7. The normalized spacial score (nSPS) is 12.6. The van der Waals surface area contributed by atoms with Crippen LogP contribution < -0.4 is 0 Å². The third-order valence-electron chi connectivity index (χ3n) is 2.82. The quantitative estimate of drug-likeness (QED) is 0.412. The Morgan fingerprint density at radius 2 is 1.79 bits per heavy atom. The van der Waals surface area contributed by atoms with Crippen molar-refractivity contribution in [1.82, 2.24) is 0 Å². The third kappa shape index (κ3) is 5.91. The molecule has 108 valence electrons. The van der Waals surface area contributed by atoms with Crippen molar-refractivity contribution in [3.05, 3.63) is 23.8 Å². The summed E-state index contributed by atoms with van der Waals surface area (Å²) in [6.45, 7) is 1.15. The van der Waals surface area contributed by atoms with Crippen LogP contribution in [0.4, 0.5) is 0 Å². The van der Waals surface area contributed by atoms with E-state index in [2.05, 4.69) is 0 Å². The van der Waals surface area contributed by atoms with Gasteiger partial charge in [-0.2, -0.15) is 8.42 Å². The van der Waals surface area contributed by atoms with E-state index >= 15 is 0 Å². The van der Waals surface area contributed by atoms with E-state index in [0.717, 1.165) is 5.56 Å². The van der Waals surface area contributed by atoms with Crippen LogP contribution in [0.1, 0.15) is 12.0 Å². The molecule has 0 fully saturated rings. The molecule has 0 aliphatic carbocycles. The molecule has 0 aromatic heterocycles. The maximum absolute atomic E-state index is 10.6. The molecular weight excluding hydrogens is 270 g/mol. The maximum atomic E-state index is 10.6. The molecule has 1 aromatic carbocycles. The first-order valence-corrected chi connectivity index (χ1v) is 7.48. The Kier molecular flexibility index (Phi) is 4.78. The van der Waals surface area contributed by atoms with E-state index in [1.54, 1.807) is 6.07 Å². The number of aromatic hydroxyl groups is 2. The Hall–Kier alpha value is -1.31. The number of nitrogens with zero attached hydrogens (tertiary/aromatic N) is 1. The van der Waals surface area contributed by atoms with Gasteiger partial charge in [-0.15, -0.1) is 0 Å². The first-order chi connectivity index (χ1) is 8.59. The molecule has 3 N–H and O–H groups in total. The van der Waals surface area contributed by atoms with E-state index in [1.165, 1.54) is 12.1 Å². The summed E-state index contributed by atoms with van der Waals surface area (Å²) < 4.78 is 30.5. The van der Waals surface area contributed by atoms with Crippen LogP contribution in [0.15, 0.2) is 18.2 Å². The van der Waals surface area contributed by atoms with Crippen molar-refractivity contribution in [2.75, 3.05) is 26.4 Å². The van der Waals surface area contributed by atoms with Gasteiger partial charge in [-0.1, -0.05) is 0 Å². The molecule has 6 nitrogen and oxygen atoms in total. The largest absolute Gasteiger partial charge is 0.504 e. The Labute approximate surface area is 113 Å². The van der Waals surface area contributed by atoms with Gasteiger partial charge in [0.2, 0.25) is 0 Å². The van der Waals surface area contributed by atoms with Gasteiger partial charge < -0.3 is 14.7 Å². The summed E-state index contributed by atoms with van der Waals surface area (Å²) in [6.07, 6.45) is 0.357. The van der Waals surface area contributed by atoms with Gasteiger partial charge >= 0.3 is 0 Å². The van der Waals surface area contributed by atoms with Gasteiger partial charge in [0.05, 0.1) is 26.4 Å². The SMILES string of the molecule is C[N+](C)(CCCS(=O)(=O)O)Cc1ccc(O)c(O)c1. The molecule has 0 amide bonds. The highest BCUT2D eigenvalue weighted by Gasteiger charge is 2.18. The van der Waals surface area contributed by atoms with Crippen molar-refractivity contribution in [1.29, 1.82) is 0 Å². The van der Waals surface area contributed by atoms with Crippen molar-refractivity contribution in [3.8, 4) is 11.5 Å². The van der Waals surface area contributed by atoms with Crippen molar-refractivity contribution < 1.29 is 27.7 Å². The standard InChI is InChI=1S/C12H19NO5S/c1-13(2,6-3-7-19(16,17)18)9-10-4-5-11(14)12(15)8-10/h4-5,8H,3,6-7,9H2,1-2H3,(H2-,14,15,16,17,18)/p+1. The number of phenols is 2. The highest BCUT2D eigenvalue weighted by Crippen LogP contribution is 2.26. The van der Waals surface area contributed by atoms with Crippen molar-refractivity contribution >= 4 is 10.1 Å². The Bertz CT molecular complexity index is 539. The van der Waals surface area contributed by atoms with Crippen molar-refractivity contribution in [3.63, 3.8) is 0 Å². The zero-order valence-electron chi connectivity index (χ0n) is 11.1. The van der Waals surface area contributed by atoms with Gasteiger partial charge in [0.25, 0.3) is 10.1 Å². The minimum absolute atomic E-state index is 0.166. The number of hydrogen-bond donors (Lipinski definition) is 3. The molecule has 1 rings (SSSR count). The summed E-state index contributed by atoms with van der Waals surface area (Å²) in [7, 11) is -0.0658. The molecule has 19 heavy (non-hydrogen) atoms. The number of phenolic OH excluding ortho intramolecular Hbond substituents is 2. The summed E-state index contributed by atoms with van der Waals surface area (Å²) in [5, 5.41) is 18.6. The Morgan fingerprint density at radius 3 is 2.32 bits per heavy atom. The van der Waals surface area contributed by atoms with E-state index in [-0.39, 0.29) is 17.3 Å². The first kappa shape index (κ1) is 15.7. The van der Waals surface area contributed by atoms with E-state index in [0.29, 0.717) is 24.0 Å². The molecule has 0 atom stereocenters. The maximum Gasteiger partial charge on any atom is 0.265 e. The van der Waals surface area contributed by atoms with E-state index < -0.39 is 10.1 Å². The number of quaternary nitrogens is 1. The molecule has 0 aliphatic heterocycles. The van der Waals surface area contributed by atoms with Crippen molar-refractivity contribution in [2.24, 2.45) is 0 Å². The second-order valence-electron chi connectivity index (χ2n) is 5.28. The van der Waals surface area contributed by atoms with Gasteiger partial charge in [0.1, 0.15) is 6.54 Å². The molecule has 0 saturated carbocycles. The fourth-order valence-electron chi connectivity index (χ4n) is 1.92. The molecule has 0 heterocycles. The summed E-state index contributed by atoms with van der Waals surface area (Å²) >= 11 is 0. The topological polar surface area (TPSA) is 94.8 Å². The summed E-state index contributed by atoms with van der Waals surface area (Å²) in [6, 6.07) is 4.61. The zero-order valence-corrected chi connectivity index (χ0v) is 11.9. The molecule has 0 unspecified atom stereocenters. The minimum atomic E-state index is -3.91. The molecule has 0 spiro atoms. The van der Waals surface area contributed by atoms with E-state index in [1.807, 2.05) is 14.1 Å². The van der Waals surface area contributed by atoms with Crippen LogP contribution in [0.25, 0.3) is 0 Å². The lowest BCUT2D eigenvalue weighted by Gasteiger charge is -2.29. The smallest absolute Gasteiger partial charge is 0.265 e. The molecule has 0 saturated heterocycles. The number of benzene rings is 1. The second-order valence-corrected chi connectivity index (χ2v) is 6.85. The van der Waals surface area contributed by atoms with Crippen LogP contribution >= 0.6 is 0 Å². The number of hydrogen-bond acceptors (Lipinski definition) is 4. The monoisotopic (exact) mass is 290 g/mol. The second kappa shape index (κ2) is 5.77. The van der Waals surface area contributed by atoms with E-state index in [9.17, 15) is 18.6 Å². The summed E-state index contributed by atoms with van der Waals surface area (Å²) in [4.78, 5) is 0. The first-order valence-electron chi connectivity index (χ1n) is 5.87. The average molecular weight is 290 g/mol. The fraction of sp³-hybridized carbons (Fsp3) is 0.500. The van der Waals surface area contributed by atoms with Gasteiger partial charge in [0.15, 0.2) is 11.5 Å². The highest BCUT2D eigenvalue weighted by molar-refractivity contribution is 7.85. The lowest BCUT2D eigenvalue weighted by Crippen LogP contribution is -2.40. The Balaban J connectivity index is 2.60.